The summed E-state index contributed by atoms with van der Waals surface area (Å²) in [6, 6.07) is 2.05. The fourth-order valence-electron chi connectivity index (χ4n) is 2.77. The first-order chi connectivity index (χ1) is 12.2. The molecular weight excluding hydrogens is 314 g/mol. The van der Waals surface area contributed by atoms with E-state index in [2.05, 4.69) is 34.9 Å². The number of esters is 1. The van der Waals surface area contributed by atoms with Crippen molar-refractivity contribution in [2.75, 3.05) is 7.11 Å². The molecule has 1 atom stereocenters. The van der Waals surface area contributed by atoms with Crippen LogP contribution in [-0.4, -0.2) is 29.3 Å². The Kier molecular flexibility index (Phi) is 11.6. The van der Waals surface area contributed by atoms with Crippen LogP contribution in [0.25, 0.3) is 0 Å². The van der Waals surface area contributed by atoms with Crippen molar-refractivity contribution in [2.45, 2.75) is 77.2 Å². The zero-order valence-electron chi connectivity index (χ0n) is 15.7. The smallest absolute Gasteiger partial charge is 0.305 e. The SMILES string of the molecule is CCCCCC(O)CCc1ccncc1C/C=C\CCCC(=O)OC. The summed E-state index contributed by atoms with van der Waals surface area (Å²) in [7, 11) is 1.42. The molecule has 4 heteroatoms. The van der Waals surface area contributed by atoms with E-state index in [1.54, 1.807) is 0 Å². The molecule has 140 valence electrons. The zero-order chi connectivity index (χ0) is 18.3. The maximum absolute atomic E-state index is 11.0. The van der Waals surface area contributed by atoms with E-state index in [9.17, 15) is 9.90 Å². The van der Waals surface area contributed by atoms with Gasteiger partial charge in [0.1, 0.15) is 0 Å². The second-order valence-electron chi connectivity index (χ2n) is 6.48. The lowest BCUT2D eigenvalue weighted by atomic mass is 9.99. The third-order valence-corrected chi connectivity index (χ3v) is 4.38. The highest BCUT2D eigenvalue weighted by molar-refractivity contribution is 5.69. The van der Waals surface area contributed by atoms with Crippen molar-refractivity contribution in [2.24, 2.45) is 0 Å². The van der Waals surface area contributed by atoms with Crippen molar-refractivity contribution in [1.29, 1.82) is 0 Å². The molecule has 0 radical (unpaired) electrons. The predicted molar refractivity (Wildman–Crippen MR) is 101 cm³/mol. The Hall–Kier alpha value is -1.68. The van der Waals surface area contributed by atoms with Gasteiger partial charge in [-0.15, -0.1) is 0 Å². The Morgan fingerprint density at radius 3 is 2.84 bits per heavy atom. The monoisotopic (exact) mass is 347 g/mol. The summed E-state index contributed by atoms with van der Waals surface area (Å²) in [5, 5.41) is 10.1. The van der Waals surface area contributed by atoms with Crippen LogP contribution < -0.4 is 0 Å². The summed E-state index contributed by atoms with van der Waals surface area (Å²) in [6.45, 7) is 2.18. The molecule has 0 spiro atoms. The quantitative estimate of drug-likeness (QED) is 0.326. The fourth-order valence-corrected chi connectivity index (χ4v) is 2.77. The van der Waals surface area contributed by atoms with Gasteiger partial charge in [0, 0.05) is 18.8 Å². The number of aryl methyl sites for hydroxylation is 1. The Labute approximate surface area is 152 Å². The third-order valence-electron chi connectivity index (χ3n) is 4.38. The normalized spacial score (nSPS) is 12.4. The molecule has 0 aliphatic carbocycles. The second-order valence-corrected chi connectivity index (χ2v) is 6.48. The molecule has 0 aliphatic heterocycles. The van der Waals surface area contributed by atoms with Crippen molar-refractivity contribution in [3.05, 3.63) is 41.7 Å². The summed E-state index contributed by atoms with van der Waals surface area (Å²) < 4.78 is 4.63. The lowest BCUT2D eigenvalue weighted by molar-refractivity contribution is -0.140. The molecular formula is C21H33NO3. The summed E-state index contributed by atoms with van der Waals surface area (Å²) >= 11 is 0. The first-order valence-electron chi connectivity index (χ1n) is 9.49. The van der Waals surface area contributed by atoms with E-state index in [1.165, 1.54) is 31.1 Å². The number of unbranched alkanes of at least 4 members (excludes halogenated alkanes) is 3. The van der Waals surface area contributed by atoms with Crippen LogP contribution in [0.15, 0.2) is 30.6 Å². The van der Waals surface area contributed by atoms with Crippen LogP contribution in [0.4, 0.5) is 0 Å². The van der Waals surface area contributed by atoms with Crippen molar-refractivity contribution in [3.8, 4) is 0 Å². The lowest BCUT2D eigenvalue weighted by Gasteiger charge is -2.12. The summed E-state index contributed by atoms with van der Waals surface area (Å²) in [5.41, 5.74) is 2.48. The Bertz CT molecular complexity index is 514. The topological polar surface area (TPSA) is 59.4 Å². The van der Waals surface area contributed by atoms with Crippen LogP contribution in [0, 0.1) is 0 Å². The molecule has 1 rings (SSSR count). The van der Waals surface area contributed by atoms with Crippen LogP contribution in [0.3, 0.4) is 0 Å². The predicted octanol–water partition coefficient (Wildman–Crippen LogP) is 4.40. The molecule has 0 fully saturated rings. The highest BCUT2D eigenvalue weighted by Crippen LogP contribution is 2.15. The number of carbonyl (C=O) groups excluding carboxylic acids is 1. The van der Waals surface area contributed by atoms with Crippen molar-refractivity contribution in [3.63, 3.8) is 0 Å². The molecule has 0 aliphatic rings. The summed E-state index contributed by atoms with van der Waals surface area (Å²) in [5.74, 6) is -0.152. The molecule has 1 heterocycles. The maximum atomic E-state index is 11.0. The molecule has 4 nitrogen and oxygen atoms in total. The Morgan fingerprint density at radius 1 is 1.24 bits per heavy atom. The van der Waals surface area contributed by atoms with E-state index in [0.29, 0.717) is 6.42 Å². The van der Waals surface area contributed by atoms with E-state index in [0.717, 1.165) is 44.9 Å². The third kappa shape index (κ3) is 10.0. The highest BCUT2D eigenvalue weighted by atomic mass is 16.5. The molecule has 0 saturated carbocycles. The molecule has 1 aromatic rings. The molecule has 0 saturated heterocycles. The lowest BCUT2D eigenvalue weighted by Crippen LogP contribution is -2.08. The van der Waals surface area contributed by atoms with Gasteiger partial charge in [0.25, 0.3) is 0 Å². The first kappa shape index (κ1) is 21.4. The minimum absolute atomic E-state index is 0.152. The number of aromatic nitrogens is 1. The van der Waals surface area contributed by atoms with E-state index >= 15 is 0 Å². The standard InChI is InChI=1S/C21H33NO3/c1-3-4-7-11-20(23)14-13-18-15-16-22-17-19(18)10-8-5-6-9-12-21(24)25-2/h5,8,15-17,20,23H,3-4,6-7,9-14H2,1-2H3/b8-5-. The average Bonchev–Trinajstić information content (AvgIpc) is 2.63. The minimum atomic E-state index is -0.207. The molecule has 1 unspecified atom stereocenters. The van der Waals surface area contributed by atoms with Gasteiger partial charge >= 0.3 is 5.97 Å². The van der Waals surface area contributed by atoms with Gasteiger partial charge in [-0.05, 0) is 55.7 Å². The van der Waals surface area contributed by atoms with Gasteiger partial charge in [0.15, 0.2) is 0 Å². The summed E-state index contributed by atoms with van der Waals surface area (Å²) in [4.78, 5) is 15.3. The molecule has 0 bridgehead atoms. The van der Waals surface area contributed by atoms with Crippen molar-refractivity contribution in [1.82, 2.24) is 4.98 Å². The average molecular weight is 347 g/mol. The number of hydrogen-bond donors (Lipinski definition) is 1. The second kappa shape index (κ2) is 13.6. The number of pyridine rings is 1. The number of ether oxygens (including phenoxy) is 1. The fraction of sp³-hybridized carbons (Fsp3) is 0.619. The molecule has 1 aromatic heterocycles. The van der Waals surface area contributed by atoms with Crippen LogP contribution in [-0.2, 0) is 22.4 Å². The van der Waals surface area contributed by atoms with Crippen molar-refractivity contribution < 1.29 is 14.6 Å². The largest absolute Gasteiger partial charge is 0.469 e. The maximum Gasteiger partial charge on any atom is 0.305 e. The van der Waals surface area contributed by atoms with Gasteiger partial charge in [0.2, 0.25) is 0 Å². The number of nitrogens with zero attached hydrogens (tertiary/aromatic N) is 1. The van der Waals surface area contributed by atoms with Crippen LogP contribution >= 0.6 is 0 Å². The molecule has 1 N–H and O–H groups in total. The number of hydrogen-bond acceptors (Lipinski definition) is 4. The van der Waals surface area contributed by atoms with Crippen LogP contribution in [0.5, 0.6) is 0 Å². The van der Waals surface area contributed by atoms with Gasteiger partial charge in [0.05, 0.1) is 13.2 Å². The Balaban J connectivity index is 2.36. The van der Waals surface area contributed by atoms with Crippen LogP contribution in [0.2, 0.25) is 0 Å². The van der Waals surface area contributed by atoms with Crippen molar-refractivity contribution >= 4 is 5.97 Å². The first-order valence-corrected chi connectivity index (χ1v) is 9.49. The van der Waals surface area contributed by atoms with Crippen LogP contribution in [0.1, 0.15) is 69.4 Å². The van der Waals surface area contributed by atoms with Gasteiger partial charge in [-0.2, -0.15) is 0 Å². The Morgan fingerprint density at radius 2 is 2.08 bits per heavy atom. The highest BCUT2D eigenvalue weighted by Gasteiger charge is 2.07. The van der Waals surface area contributed by atoms with E-state index in [4.69, 9.17) is 0 Å². The minimum Gasteiger partial charge on any atom is -0.469 e. The molecule has 25 heavy (non-hydrogen) atoms. The van der Waals surface area contributed by atoms with E-state index < -0.39 is 0 Å². The number of rotatable bonds is 13. The molecule has 0 amide bonds. The number of allylic oxidation sites excluding steroid dienone is 2. The number of aliphatic hydroxyl groups is 1. The number of aliphatic hydroxyl groups excluding tert-OH is 1. The van der Waals surface area contributed by atoms with E-state index in [1.807, 2.05) is 12.4 Å². The molecule has 0 aromatic carbocycles. The van der Waals surface area contributed by atoms with Gasteiger partial charge in [-0.25, -0.2) is 0 Å². The zero-order valence-corrected chi connectivity index (χ0v) is 15.7. The van der Waals surface area contributed by atoms with E-state index in [-0.39, 0.29) is 12.1 Å². The van der Waals surface area contributed by atoms with Gasteiger partial charge in [-0.1, -0.05) is 38.3 Å². The van der Waals surface area contributed by atoms with Gasteiger partial charge < -0.3 is 9.84 Å². The van der Waals surface area contributed by atoms with Gasteiger partial charge in [-0.3, -0.25) is 9.78 Å². The summed E-state index contributed by atoms with van der Waals surface area (Å²) in [6.07, 6.45) is 16.9. The number of methoxy groups -OCH3 is 1. The number of carbonyl (C=O) groups is 1.